The van der Waals surface area contributed by atoms with Crippen LogP contribution in [0.1, 0.15) is 55.2 Å². The summed E-state index contributed by atoms with van der Waals surface area (Å²) < 4.78 is 0. The van der Waals surface area contributed by atoms with Crippen LogP contribution < -0.4 is 5.32 Å². The van der Waals surface area contributed by atoms with Crippen LogP contribution in [0.3, 0.4) is 0 Å². The van der Waals surface area contributed by atoms with Crippen molar-refractivity contribution in [3.05, 3.63) is 17.5 Å². The van der Waals surface area contributed by atoms with E-state index in [1.807, 2.05) is 6.07 Å². The van der Waals surface area contributed by atoms with Crippen molar-refractivity contribution in [3.63, 3.8) is 0 Å². The SMILES string of the molecule is CC1CC(C)CN(CCNC(=O)c2cc(C3CC3)[nH]n2)C1. The lowest BCUT2D eigenvalue weighted by atomic mass is 9.92. The fourth-order valence-electron chi connectivity index (χ4n) is 3.45. The van der Waals surface area contributed by atoms with Gasteiger partial charge in [-0.2, -0.15) is 5.10 Å². The van der Waals surface area contributed by atoms with E-state index in [9.17, 15) is 4.79 Å². The summed E-state index contributed by atoms with van der Waals surface area (Å²) >= 11 is 0. The fraction of sp³-hybridized carbons (Fsp3) is 0.750. The molecule has 2 fully saturated rings. The zero-order valence-electron chi connectivity index (χ0n) is 13.1. The summed E-state index contributed by atoms with van der Waals surface area (Å²) in [7, 11) is 0. The maximum atomic E-state index is 12.1. The number of amides is 1. The summed E-state index contributed by atoms with van der Waals surface area (Å²) in [5, 5.41) is 10.1. The number of aromatic nitrogens is 2. The summed E-state index contributed by atoms with van der Waals surface area (Å²) in [4.78, 5) is 14.5. The second-order valence-electron chi connectivity index (χ2n) is 6.94. The monoisotopic (exact) mass is 290 g/mol. The van der Waals surface area contributed by atoms with Crippen molar-refractivity contribution in [3.8, 4) is 0 Å². The molecule has 0 bridgehead atoms. The minimum atomic E-state index is -0.0590. The number of carbonyl (C=O) groups excluding carboxylic acids is 1. The highest BCUT2D eigenvalue weighted by Crippen LogP contribution is 2.38. The highest BCUT2D eigenvalue weighted by atomic mass is 16.1. The van der Waals surface area contributed by atoms with Crippen molar-refractivity contribution in [1.82, 2.24) is 20.4 Å². The molecule has 1 amide bonds. The van der Waals surface area contributed by atoms with Gasteiger partial charge in [-0.1, -0.05) is 13.8 Å². The van der Waals surface area contributed by atoms with E-state index in [1.165, 1.54) is 19.3 Å². The molecule has 116 valence electrons. The van der Waals surface area contributed by atoms with E-state index in [0.717, 1.165) is 37.2 Å². The first kappa shape index (κ1) is 14.6. The third-order valence-electron chi connectivity index (χ3n) is 4.51. The number of nitrogens with one attached hydrogen (secondary N) is 2. The average Bonchev–Trinajstić information content (AvgIpc) is 3.15. The predicted octanol–water partition coefficient (Wildman–Crippen LogP) is 1.99. The van der Waals surface area contributed by atoms with Crippen molar-refractivity contribution in [2.75, 3.05) is 26.2 Å². The van der Waals surface area contributed by atoms with Crippen LogP contribution in [-0.2, 0) is 0 Å². The van der Waals surface area contributed by atoms with E-state index < -0.39 is 0 Å². The fourth-order valence-corrected chi connectivity index (χ4v) is 3.45. The van der Waals surface area contributed by atoms with Crippen molar-refractivity contribution < 1.29 is 4.79 Å². The Morgan fingerprint density at radius 2 is 2.10 bits per heavy atom. The lowest BCUT2D eigenvalue weighted by Crippen LogP contribution is -2.42. The van der Waals surface area contributed by atoms with Gasteiger partial charge in [-0.15, -0.1) is 0 Å². The molecule has 0 radical (unpaired) electrons. The van der Waals surface area contributed by atoms with Crippen molar-refractivity contribution in [2.24, 2.45) is 11.8 Å². The number of H-pyrrole nitrogens is 1. The number of nitrogens with zero attached hydrogens (tertiary/aromatic N) is 2. The number of likely N-dealkylation sites (tertiary alicyclic amines) is 1. The molecule has 21 heavy (non-hydrogen) atoms. The molecule has 2 heterocycles. The summed E-state index contributed by atoms with van der Waals surface area (Å²) in [6, 6.07) is 1.90. The Morgan fingerprint density at radius 3 is 2.76 bits per heavy atom. The van der Waals surface area contributed by atoms with Crippen molar-refractivity contribution in [1.29, 1.82) is 0 Å². The van der Waals surface area contributed by atoms with E-state index in [2.05, 4.69) is 34.3 Å². The molecule has 2 atom stereocenters. The van der Waals surface area contributed by atoms with Crippen LogP contribution in [0.5, 0.6) is 0 Å². The summed E-state index contributed by atoms with van der Waals surface area (Å²) in [5.74, 6) is 2.07. The Kier molecular flexibility index (Phi) is 4.29. The van der Waals surface area contributed by atoms with E-state index in [-0.39, 0.29) is 5.91 Å². The van der Waals surface area contributed by atoms with Gasteiger partial charge in [-0.25, -0.2) is 0 Å². The van der Waals surface area contributed by atoms with E-state index in [4.69, 9.17) is 0 Å². The molecular weight excluding hydrogens is 264 g/mol. The third kappa shape index (κ3) is 3.84. The number of rotatable bonds is 5. The van der Waals surface area contributed by atoms with Gasteiger partial charge in [0.05, 0.1) is 0 Å². The molecule has 0 spiro atoms. The van der Waals surface area contributed by atoms with E-state index >= 15 is 0 Å². The Morgan fingerprint density at radius 1 is 1.38 bits per heavy atom. The molecule has 1 aliphatic carbocycles. The van der Waals surface area contributed by atoms with Gasteiger partial charge in [0.25, 0.3) is 5.91 Å². The Bertz CT molecular complexity index is 484. The van der Waals surface area contributed by atoms with Crippen LogP contribution in [0, 0.1) is 11.8 Å². The molecule has 2 N–H and O–H groups in total. The van der Waals surface area contributed by atoms with E-state index in [1.54, 1.807) is 0 Å². The largest absolute Gasteiger partial charge is 0.349 e. The normalized spacial score (nSPS) is 26.8. The zero-order valence-corrected chi connectivity index (χ0v) is 13.1. The zero-order chi connectivity index (χ0) is 14.8. The lowest BCUT2D eigenvalue weighted by Gasteiger charge is -2.34. The molecule has 5 nitrogen and oxygen atoms in total. The van der Waals surface area contributed by atoms with Gasteiger partial charge in [-0.05, 0) is 37.2 Å². The highest BCUT2D eigenvalue weighted by molar-refractivity contribution is 5.92. The minimum Gasteiger partial charge on any atom is -0.349 e. The second-order valence-corrected chi connectivity index (χ2v) is 6.94. The molecule has 2 unspecified atom stereocenters. The topological polar surface area (TPSA) is 61.0 Å². The van der Waals surface area contributed by atoms with Gasteiger partial charge < -0.3 is 10.2 Å². The van der Waals surface area contributed by atoms with Crippen LogP contribution >= 0.6 is 0 Å². The van der Waals surface area contributed by atoms with Gasteiger partial charge >= 0.3 is 0 Å². The molecule has 1 aliphatic heterocycles. The predicted molar refractivity (Wildman–Crippen MR) is 82.3 cm³/mol. The standard InChI is InChI=1S/C16H26N4O/c1-11-7-12(2)10-20(9-11)6-5-17-16(21)15-8-14(18-19-15)13-3-4-13/h8,11-13H,3-7,9-10H2,1-2H3,(H,17,21)(H,18,19). The first-order valence-electron chi connectivity index (χ1n) is 8.17. The molecule has 0 aromatic carbocycles. The Labute approximate surface area is 126 Å². The molecule has 3 rings (SSSR count). The molecular formula is C16H26N4O. The lowest BCUT2D eigenvalue weighted by molar-refractivity contribution is 0.0931. The smallest absolute Gasteiger partial charge is 0.271 e. The van der Waals surface area contributed by atoms with Gasteiger partial charge in [0.2, 0.25) is 0 Å². The quantitative estimate of drug-likeness (QED) is 0.872. The maximum absolute atomic E-state index is 12.1. The molecule has 2 aliphatic rings. The van der Waals surface area contributed by atoms with Crippen LogP contribution in [0.25, 0.3) is 0 Å². The number of hydrogen-bond acceptors (Lipinski definition) is 3. The van der Waals surface area contributed by atoms with Crippen molar-refractivity contribution >= 4 is 5.91 Å². The van der Waals surface area contributed by atoms with Gasteiger partial charge in [0, 0.05) is 37.8 Å². The summed E-state index contributed by atoms with van der Waals surface area (Å²) in [6.45, 7) is 8.54. The summed E-state index contributed by atoms with van der Waals surface area (Å²) in [5.41, 5.74) is 1.64. The number of hydrogen-bond donors (Lipinski definition) is 2. The van der Waals surface area contributed by atoms with Gasteiger partial charge in [0.15, 0.2) is 0 Å². The van der Waals surface area contributed by atoms with Crippen LogP contribution in [0.15, 0.2) is 6.07 Å². The van der Waals surface area contributed by atoms with Crippen LogP contribution in [0.4, 0.5) is 0 Å². The number of aromatic amines is 1. The Hall–Kier alpha value is -1.36. The molecule has 1 aromatic rings. The minimum absolute atomic E-state index is 0.0590. The molecule has 1 saturated heterocycles. The molecule has 1 saturated carbocycles. The van der Waals surface area contributed by atoms with Crippen LogP contribution in [0.2, 0.25) is 0 Å². The van der Waals surface area contributed by atoms with Crippen LogP contribution in [-0.4, -0.2) is 47.2 Å². The first-order chi connectivity index (χ1) is 10.1. The highest BCUT2D eigenvalue weighted by Gasteiger charge is 2.26. The van der Waals surface area contributed by atoms with Gasteiger partial charge in [0.1, 0.15) is 5.69 Å². The van der Waals surface area contributed by atoms with Gasteiger partial charge in [-0.3, -0.25) is 9.89 Å². The van der Waals surface area contributed by atoms with Crippen molar-refractivity contribution in [2.45, 2.75) is 39.0 Å². The molecule has 5 heteroatoms. The first-order valence-corrected chi connectivity index (χ1v) is 8.17. The second kappa shape index (κ2) is 6.18. The molecule has 1 aromatic heterocycles. The van der Waals surface area contributed by atoms with E-state index in [0.29, 0.717) is 18.2 Å². The number of piperidine rings is 1. The Balaban J connectivity index is 1.42. The number of carbonyl (C=O) groups is 1. The maximum Gasteiger partial charge on any atom is 0.271 e. The third-order valence-corrected chi connectivity index (χ3v) is 4.51. The average molecular weight is 290 g/mol. The summed E-state index contributed by atoms with van der Waals surface area (Å²) in [6.07, 6.45) is 3.75.